The average molecular weight is 348 g/mol. The van der Waals surface area contributed by atoms with Crippen LogP contribution in [0.3, 0.4) is 0 Å². The van der Waals surface area contributed by atoms with E-state index in [2.05, 4.69) is 14.7 Å². The summed E-state index contributed by atoms with van der Waals surface area (Å²) in [7, 11) is 1.46. The molecule has 2 aromatic heterocycles. The molecular weight excluding hydrogens is 332 g/mol. The lowest BCUT2D eigenvalue weighted by Crippen LogP contribution is -2.00. The summed E-state index contributed by atoms with van der Waals surface area (Å²) in [6.07, 6.45) is 2.39. The molecule has 2 aromatic rings. The first-order valence-corrected chi connectivity index (χ1v) is 7.65. The summed E-state index contributed by atoms with van der Waals surface area (Å²) in [5, 5.41) is 0.416. The number of hydrogen-bond donors (Lipinski definition) is 1. The van der Waals surface area contributed by atoms with Crippen molar-refractivity contribution in [3.8, 4) is 5.88 Å². The van der Waals surface area contributed by atoms with Crippen LogP contribution in [-0.4, -0.2) is 17.1 Å². The Hall–Kier alpha value is -1.60. The summed E-state index contributed by atoms with van der Waals surface area (Å²) in [6, 6.07) is 1.61. The molecule has 0 unspecified atom stereocenters. The fraction of sp³-hybridized carbons (Fsp3) is 0.286. The maximum Gasteiger partial charge on any atom is 0.228 e. The standard InChI is InChI=1S/C12H10ClF2N3OS.C2H6/c1-6-8(14)5-16-11(10(6)15)18-20-9-3-7(13)4-17-12(9)19-2;1-2/h3-5H,1-2H3,(H,16,18);1-2H3. The number of halogens is 3. The predicted octanol–water partition coefficient (Wildman–Crippen LogP) is 4.87. The average Bonchev–Trinajstić information content (AvgIpc) is 2.54. The van der Waals surface area contributed by atoms with Crippen LogP contribution in [0.5, 0.6) is 5.88 Å². The molecule has 0 aliphatic heterocycles. The van der Waals surface area contributed by atoms with Crippen molar-refractivity contribution in [2.75, 3.05) is 11.8 Å². The van der Waals surface area contributed by atoms with Crippen molar-refractivity contribution in [2.24, 2.45) is 0 Å². The second-order valence-corrected chi connectivity index (χ2v) is 5.04. The monoisotopic (exact) mass is 347 g/mol. The fourth-order valence-corrected chi connectivity index (χ4v) is 2.35. The van der Waals surface area contributed by atoms with Gasteiger partial charge in [0.25, 0.3) is 0 Å². The van der Waals surface area contributed by atoms with Crippen molar-refractivity contribution < 1.29 is 13.5 Å². The van der Waals surface area contributed by atoms with Gasteiger partial charge in [-0.15, -0.1) is 0 Å². The molecule has 0 amide bonds. The van der Waals surface area contributed by atoms with Crippen LogP contribution in [0.1, 0.15) is 19.4 Å². The van der Waals surface area contributed by atoms with Gasteiger partial charge in [0, 0.05) is 11.8 Å². The number of pyridine rings is 2. The number of rotatable bonds is 4. The Morgan fingerprint density at radius 2 is 1.91 bits per heavy atom. The van der Waals surface area contributed by atoms with E-state index < -0.39 is 11.6 Å². The maximum absolute atomic E-state index is 13.8. The highest BCUT2D eigenvalue weighted by Crippen LogP contribution is 2.31. The fourth-order valence-electron chi connectivity index (χ4n) is 1.37. The van der Waals surface area contributed by atoms with E-state index in [9.17, 15) is 8.78 Å². The number of anilines is 1. The number of nitrogens with zero attached hydrogens (tertiary/aromatic N) is 2. The van der Waals surface area contributed by atoms with Crippen LogP contribution in [-0.2, 0) is 0 Å². The molecule has 8 heteroatoms. The van der Waals surface area contributed by atoms with Crippen LogP contribution in [0.15, 0.2) is 23.4 Å². The van der Waals surface area contributed by atoms with Gasteiger partial charge in [0.2, 0.25) is 5.88 Å². The lowest BCUT2D eigenvalue weighted by molar-refractivity contribution is 0.387. The van der Waals surface area contributed by atoms with Gasteiger partial charge in [-0.05, 0) is 24.9 Å². The first-order valence-electron chi connectivity index (χ1n) is 6.46. The quantitative estimate of drug-likeness (QED) is 0.799. The zero-order chi connectivity index (χ0) is 16.7. The van der Waals surface area contributed by atoms with Gasteiger partial charge in [-0.2, -0.15) is 0 Å². The third-order valence-corrected chi connectivity index (χ3v) is 3.45. The SMILES string of the molecule is CC.COc1ncc(Cl)cc1SNc1ncc(F)c(C)c1F. The molecule has 2 rings (SSSR count). The van der Waals surface area contributed by atoms with Gasteiger partial charge in [-0.1, -0.05) is 25.4 Å². The van der Waals surface area contributed by atoms with E-state index in [0.717, 1.165) is 18.1 Å². The van der Waals surface area contributed by atoms with Gasteiger partial charge in [-0.3, -0.25) is 0 Å². The molecule has 1 N–H and O–H groups in total. The van der Waals surface area contributed by atoms with Gasteiger partial charge < -0.3 is 9.46 Å². The van der Waals surface area contributed by atoms with Crippen LogP contribution < -0.4 is 9.46 Å². The molecule has 0 saturated heterocycles. The molecule has 0 radical (unpaired) electrons. The van der Waals surface area contributed by atoms with Gasteiger partial charge in [-0.25, -0.2) is 18.7 Å². The highest BCUT2D eigenvalue weighted by molar-refractivity contribution is 8.00. The smallest absolute Gasteiger partial charge is 0.228 e. The lowest BCUT2D eigenvalue weighted by atomic mass is 10.3. The number of ether oxygens (including phenoxy) is 1. The van der Waals surface area contributed by atoms with Crippen LogP contribution in [0.25, 0.3) is 0 Å². The molecule has 0 bridgehead atoms. The van der Waals surface area contributed by atoms with Crippen LogP contribution in [0.2, 0.25) is 5.02 Å². The Morgan fingerprint density at radius 3 is 2.55 bits per heavy atom. The molecule has 0 aromatic carbocycles. The molecule has 0 fully saturated rings. The summed E-state index contributed by atoms with van der Waals surface area (Å²) in [6.45, 7) is 5.34. The third-order valence-electron chi connectivity index (χ3n) is 2.44. The van der Waals surface area contributed by atoms with Crippen molar-refractivity contribution in [3.05, 3.63) is 40.7 Å². The molecule has 22 heavy (non-hydrogen) atoms. The largest absolute Gasteiger partial charge is 0.480 e. The maximum atomic E-state index is 13.8. The Morgan fingerprint density at radius 1 is 1.23 bits per heavy atom. The molecule has 0 spiro atoms. The van der Waals surface area contributed by atoms with Crippen molar-refractivity contribution in [3.63, 3.8) is 0 Å². The van der Waals surface area contributed by atoms with Crippen LogP contribution >= 0.6 is 23.5 Å². The molecule has 0 saturated carbocycles. The Labute approximate surface area is 137 Å². The zero-order valence-corrected chi connectivity index (χ0v) is 14.1. The highest BCUT2D eigenvalue weighted by Gasteiger charge is 2.13. The van der Waals surface area contributed by atoms with Crippen molar-refractivity contribution >= 4 is 29.4 Å². The van der Waals surface area contributed by atoms with E-state index in [1.54, 1.807) is 6.07 Å². The third kappa shape index (κ3) is 4.45. The Balaban J connectivity index is 0.00000116. The van der Waals surface area contributed by atoms with Gasteiger partial charge in [0.05, 0.1) is 23.2 Å². The number of aromatic nitrogens is 2. The van der Waals surface area contributed by atoms with Crippen LogP contribution in [0.4, 0.5) is 14.6 Å². The zero-order valence-electron chi connectivity index (χ0n) is 12.6. The Bertz CT molecular complexity index is 644. The van der Waals surface area contributed by atoms with Gasteiger partial charge >= 0.3 is 0 Å². The summed E-state index contributed by atoms with van der Waals surface area (Å²) in [4.78, 5) is 8.19. The minimum Gasteiger partial charge on any atom is -0.480 e. The first-order chi connectivity index (χ1) is 10.5. The number of hydrogen-bond acceptors (Lipinski definition) is 5. The molecule has 0 atom stereocenters. The molecule has 0 aliphatic carbocycles. The number of nitrogens with one attached hydrogen (secondary N) is 1. The molecule has 0 aliphatic rings. The van der Waals surface area contributed by atoms with E-state index in [4.69, 9.17) is 16.3 Å². The van der Waals surface area contributed by atoms with E-state index in [-0.39, 0.29) is 11.4 Å². The molecular formula is C14H16ClF2N3OS. The summed E-state index contributed by atoms with van der Waals surface area (Å²) >= 11 is 6.86. The van der Waals surface area contributed by atoms with Crippen molar-refractivity contribution in [1.29, 1.82) is 0 Å². The van der Waals surface area contributed by atoms with E-state index >= 15 is 0 Å². The topological polar surface area (TPSA) is 47.0 Å². The van der Waals surface area contributed by atoms with Crippen molar-refractivity contribution in [2.45, 2.75) is 25.7 Å². The van der Waals surface area contributed by atoms with Gasteiger partial charge in [0.15, 0.2) is 11.6 Å². The van der Waals surface area contributed by atoms with Crippen molar-refractivity contribution in [1.82, 2.24) is 9.97 Å². The Kier molecular flexibility index (Phi) is 7.34. The summed E-state index contributed by atoms with van der Waals surface area (Å²) in [5.41, 5.74) is -0.0979. The highest BCUT2D eigenvalue weighted by atomic mass is 35.5. The molecule has 4 nitrogen and oxygen atoms in total. The van der Waals surface area contributed by atoms with E-state index in [0.29, 0.717) is 15.8 Å². The van der Waals surface area contributed by atoms with Crippen LogP contribution in [0, 0.1) is 18.6 Å². The number of methoxy groups -OCH3 is 1. The van der Waals surface area contributed by atoms with E-state index in [1.807, 2.05) is 13.8 Å². The second-order valence-electron chi connectivity index (χ2n) is 3.76. The second kappa shape index (κ2) is 8.75. The minimum atomic E-state index is -0.744. The first kappa shape index (κ1) is 18.4. The van der Waals surface area contributed by atoms with E-state index in [1.165, 1.54) is 20.2 Å². The predicted molar refractivity (Wildman–Crippen MR) is 85.5 cm³/mol. The molecule has 120 valence electrons. The molecule has 2 heterocycles. The lowest BCUT2D eigenvalue weighted by Gasteiger charge is -2.10. The minimum absolute atomic E-state index is 0.0732. The summed E-state index contributed by atoms with van der Waals surface area (Å²) < 4.78 is 34.6. The summed E-state index contributed by atoms with van der Waals surface area (Å²) in [5.74, 6) is -1.17. The normalized spacial score (nSPS) is 9.77. The van der Waals surface area contributed by atoms with Gasteiger partial charge in [0.1, 0.15) is 5.82 Å².